The van der Waals surface area contributed by atoms with Gasteiger partial charge in [0.15, 0.2) is 5.82 Å². The molecule has 1 aliphatic heterocycles. The predicted octanol–water partition coefficient (Wildman–Crippen LogP) is 6.12. The van der Waals surface area contributed by atoms with Crippen LogP contribution >= 0.6 is 0 Å². The third-order valence-electron chi connectivity index (χ3n) is 8.83. The van der Waals surface area contributed by atoms with Gasteiger partial charge in [0.1, 0.15) is 28.6 Å². The monoisotopic (exact) mass is 591 g/mol. The van der Waals surface area contributed by atoms with Gasteiger partial charge in [-0.15, -0.1) is 0 Å². The number of aromatic hydroxyl groups is 1. The molecule has 2 aromatic heterocycles. The fraction of sp³-hybridized carbons (Fsp3) is 0.485. The summed E-state index contributed by atoms with van der Waals surface area (Å²) in [4.78, 5) is 18.3. The van der Waals surface area contributed by atoms with Gasteiger partial charge >= 0.3 is 6.01 Å². The molecule has 2 fully saturated rings. The van der Waals surface area contributed by atoms with Gasteiger partial charge in [0, 0.05) is 43.9 Å². The number of nitrogens with zero attached hydrogens (tertiary/aromatic N) is 5. The standard InChI is InChI=1S/C33H39F2N5O3/c1-5-23-26(34)9-8-20-15-21(41)16-24(27(20)23)29-28(35)30-25(17-36-29)31(40-13-6-7-22(42-4)10-14-40)38-32(37-30)43-19-33(11-12-33)18-39(2)3/h8-9,15-17,22,41H,5-7,10-14,18-19H2,1-4H3. The van der Waals surface area contributed by atoms with E-state index in [1.807, 2.05) is 21.0 Å². The van der Waals surface area contributed by atoms with Gasteiger partial charge in [-0.25, -0.2) is 8.78 Å². The van der Waals surface area contributed by atoms with Gasteiger partial charge in [-0.3, -0.25) is 4.98 Å². The maximum Gasteiger partial charge on any atom is 0.319 e. The summed E-state index contributed by atoms with van der Waals surface area (Å²) in [5.74, 6) is -0.528. The van der Waals surface area contributed by atoms with E-state index in [1.165, 1.54) is 12.1 Å². The topological polar surface area (TPSA) is 83.8 Å². The number of aromatic nitrogens is 3. The Labute approximate surface area is 250 Å². The quantitative estimate of drug-likeness (QED) is 0.249. The number of rotatable bonds is 9. The van der Waals surface area contributed by atoms with E-state index >= 15 is 4.39 Å². The first-order chi connectivity index (χ1) is 20.7. The van der Waals surface area contributed by atoms with Crippen molar-refractivity contribution in [2.45, 2.75) is 51.6 Å². The van der Waals surface area contributed by atoms with Crippen molar-refractivity contribution >= 4 is 27.5 Å². The maximum atomic E-state index is 16.7. The van der Waals surface area contributed by atoms with Gasteiger partial charge in [-0.05, 0) is 87.2 Å². The van der Waals surface area contributed by atoms with Crippen molar-refractivity contribution in [1.29, 1.82) is 0 Å². The molecule has 2 aromatic carbocycles. The molecular weight excluding hydrogens is 552 g/mol. The number of anilines is 1. The number of halogens is 2. The van der Waals surface area contributed by atoms with Gasteiger partial charge in [0.05, 0.1) is 18.1 Å². The molecule has 10 heteroatoms. The highest BCUT2D eigenvalue weighted by Gasteiger charge is 2.44. The number of aryl methyl sites for hydroxylation is 1. The average Bonchev–Trinajstić information content (AvgIpc) is 3.79. The van der Waals surface area contributed by atoms with Crippen LogP contribution in [0.1, 0.15) is 44.6 Å². The highest BCUT2D eigenvalue weighted by Crippen LogP contribution is 2.46. The average molecular weight is 592 g/mol. The Kier molecular flexibility index (Phi) is 8.08. The van der Waals surface area contributed by atoms with Crippen LogP contribution in [-0.2, 0) is 11.2 Å². The van der Waals surface area contributed by atoms with Crippen LogP contribution in [0.15, 0.2) is 30.5 Å². The third kappa shape index (κ3) is 5.82. The first kappa shape index (κ1) is 29.4. The lowest BCUT2D eigenvalue weighted by Crippen LogP contribution is -2.29. The molecule has 6 rings (SSSR count). The molecule has 1 atom stereocenters. The number of ether oxygens (including phenoxy) is 2. The van der Waals surface area contributed by atoms with Gasteiger partial charge in [0.25, 0.3) is 0 Å². The zero-order valence-corrected chi connectivity index (χ0v) is 25.3. The molecule has 0 spiro atoms. The van der Waals surface area contributed by atoms with Crippen molar-refractivity contribution in [3.05, 3.63) is 47.7 Å². The molecular formula is C33H39F2N5O3. The number of fused-ring (bicyclic) bond motifs is 2. The van der Waals surface area contributed by atoms with Crippen LogP contribution in [0.3, 0.4) is 0 Å². The normalized spacial score (nSPS) is 18.4. The van der Waals surface area contributed by atoms with Gasteiger partial charge in [-0.2, -0.15) is 9.97 Å². The van der Waals surface area contributed by atoms with E-state index in [-0.39, 0.29) is 40.3 Å². The lowest BCUT2D eigenvalue weighted by atomic mass is 9.94. The second kappa shape index (κ2) is 11.8. The van der Waals surface area contributed by atoms with Crippen molar-refractivity contribution in [2.24, 2.45) is 5.41 Å². The molecule has 2 aliphatic rings. The largest absolute Gasteiger partial charge is 0.508 e. The lowest BCUT2D eigenvalue weighted by molar-refractivity contribution is 0.0931. The van der Waals surface area contributed by atoms with E-state index in [0.717, 1.165) is 45.2 Å². The predicted molar refractivity (Wildman–Crippen MR) is 164 cm³/mol. The number of hydrogen-bond acceptors (Lipinski definition) is 8. The van der Waals surface area contributed by atoms with E-state index in [2.05, 4.69) is 19.8 Å². The molecule has 228 valence electrons. The van der Waals surface area contributed by atoms with Crippen molar-refractivity contribution in [3.8, 4) is 23.0 Å². The van der Waals surface area contributed by atoms with Crippen molar-refractivity contribution in [3.63, 3.8) is 0 Å². The van der Waals surface area contributed by atoms with Crippen molar-refractivity contribution in [1.82, 2.24) is 19.9 Å². The highest BCUT2D eigenvalue weighted by molar-refractivity contribution is 6.01. The second-order valence-corrected chi connectivity index (χ2v) is 12.3. The van der Waals surface area contributed by atoms with Crippen LogP contribution < -0.4 is 9.64 Å². The Bertz CT molecular complexity index is 1660. The molecule has 43 heavy (non-hydrogen) atoms. The molecule has 1 saturated carbocycles. The Morgan fingerprint density at radius 1 is 1.12 bits per heavy atom. The number of benzene rings is 2. The minimum absolute atomic E-state index is 0.00844. The minimum atomic E-state index is -0.664. The molecule has 1 N–H and O–H groups in total. The van der Waals surface area contributed by atoms with Gasteiger partial charge in [0.2, 0.25) is 0 Å². The molecule has 0 bridgehead atoms. The molecule has 4 aromatic rings. The molecule has 0 radical (unpaired) electrons. The van der Waals surface area contributed by atoms with Crippen LogP contribution in [0.25, 0.3) is 32.9 Å². The summed E-state index contributed by atoms with van der Waals surface area (Å²) in [6, 6.07) is 6.08. The summed E-state index contributed by atoms with van der Waals surface area (Å²) in [6.07, 6.45) is 6.90. The Balaban J connectivity index is 1.49. The lowest BCUT2D eigenvalue weighted by Gasteiger charge is -2.24. The van der Waals surface area contributed by atoms with E-state index in [9.17, 15) is 9.50 Å². The van der Waals surface area contributed by atoms with Crippen molar-refractivity contribution in [2.75, 3.05) is 52.3 Å². The van der Waals surface area contributed by atoms with Crippen LogP contribution in [0.5, 0.6) is 11.8 Å². The maximum absolute atomic E-state index is 16.7. The minimum Gasteiger partial charge on any atom is -0.508 e. The Morgan fingerprint density at radius 3 is 2.65 bits per heavy atom. The summed E-state index contributed by atoms with van der Waals surface area (Å²) in [5.41, 5.74) is 0.870. The molecule has 8 nitrogen and oxygen atoms in total. The number of phenolic OH excluding ortho intramolecular Hbond substituents is 1. The molecule has 1 saturated heterocycles. The van der Waals surface area contributed by atoms with Crippen LogP contribution in [0.2, 0.25) is 0 Å². The van der Waals surface area contributed by atoms with E-state index in [4.69, 9.17) is 14.5 Å². The molecule has 0 amide bonds. The second-order valence-electron chi connectivity index (χ2n) is 12.3. The third-order valence-corrected chi connectivity index (χ3v) is 8.83. The number of hydrogen-bond donors (Lipinski definition) is 1. The summed E-state index contributed by atoms with van der Waals surface area (Å²) in [7, 11) is 5.82. The summed E-state index contributed by atoms with van der Waals surface area (Å²) < 4.78 is 43.4. The summed E-state index contributed by atoms with van der Waals surface area (Å²) in [5, 5.41) is 12.1. The van der Waals surface area contributed by atoms with E-state index < -0.39 is 5.82 Å². The first-order valence-corrected chi connectivity index (χ1v) is 15.1. The SMILES string of the molecule is CCc1c(F)ccc2cc(O)cc(-c3ncc4c(N5CCCC(OC)CC5)nc(OCC5(CN(C)C)CC5)nc4c3F)c12. The number of phenols is 1. The summed E-state index contributed by atoms with van der Waals surface area (Å²) in [6.45, 7) is 4.60. The zero-order valence-electron chi connectivity index (χ0n) is 25.3. The Hall–Kier alpha value is -3.63. The van der Waals surface area contributed by atoms with E-state index in [0.29, 0.717) is 52.7 Å². The Morgan fingerprint density at radius 2 is 1.93 bits per heavy atom. The zero-order chi connectivity index (χ0) is 30.3. The number of methoxy groups -OCH3 is 1. The fourth-order valence-electron chi connectivity index (χ4n) is 6.47. The molecule has 1 unspecified atom stereocenters. The van der Waals surface area contributed by atoms with Gasteiger partial charge < -0.3 is 24.4 Å². The molecule has 3 heterocycles. The smallest absolute Gasteiger partial charge is 0.319 e. The summed E-state index contributed by atoms with van der Waals surface area (Å²) >= 11 is 0. The first-order valence-electron chi connectivity index (χ1n) is 15.1. The van der Waals surface area contributed by atoms with E-state index in [1.54, 1.807) is 25.4 Å². The van der Waals surface area contributed by atoms with Gasteiger partial charge in [-0.1, -0.05) is 13.0 Å². The fourth-order valence-corrected chi connectivity index (χ4v) is 6.47. The van der Waals surface area contributed by atoms with Crippen LogP contribution in [0.4, 0.5) is 14.6 Å². The number of pyridine rings is 1. The molecule has 1 aliphatic carbocycles. The van der Waals surface area contributed by atoms with Crippen LogP contribution in [0, 0.1) is 17.0 Å². The van der Waals surface area contributed by atoms with Crippen molar-refractivity contribution < 1.29 is 23.4 Å². The highest BCUT2D eigenvalue weighted by atomic mass is 19.1. The van der Waals surface area contributed by atoms with Crippen LogP contribution in [-0.4, -0.2) is 78.5 Å².